The molecule has 2 unspecified atom stereocenters. The largest absolute Gasteiger partial charge is 0.478 e. The Hall–Kier alpha value is -4.43. The molecule has 4 aromatic heterocycles. The molecular formula is C45H46BCl2F6IN8O9S2U. The maximum atomic E-state index is 13.2. The summed E-state index contributed by atoms with van der Waals surface area (Å²) in [4.78, 5) is 31.9. The summed E-state index contributed by atoms with van der Waals surface area (Å²) in [6.45, 7) is 2.76. The molecule has 0 spiro atoms. The monoisotopic (exact) mass is 1470 g/mol. The molecule has 402 valence electrons. The van der Waals surface area contributed by atoms with Crippen LogP contribution in [0.4, 0.5) is 26.3 Å². The first-order valence-corrected chi connectivity index (χ1v) is 26.5. The van der Waals surface area contributed by atoms with E-state index in [1.807, 2.05) is 27.3 Å². The Labute approximate surface area is 479 Å². The molecule has 75 heavy (non-hydrogen) atoms. The maximum Gasteiger partial charge on any atom is 0.394 e. The van der Waals surface area contributed by atoms with E-state index in [0.29, 0.717) is 4.91 Å². The number of benzene rings is 2. The molecule has 2 aliphatic rings. The van der Waals surface area contributed by atoms with Gasteiger partial charge in [-0.2, -0.15) is 26.3 Å². The summed E-state index contributed by atoms with van der Waals surface area (Å²) in [6, 6.07) is 23.6. The fourth-order valence-corrected chi connectivity index (χ4v) is 9.01. The number of carbonyl (C=O) groups is 2. The maximum absolute atomic E-state index is 13.2. The van der Waals surface area contributed by atoms with Crippen LogP contribution in [0.1, 0.15) is 61.6 Å². The van der Waals surface area contributed by atoms with Crippen LogP contribution >= 0.6 is 45.8 Å². The molecule has 1 amide bonds. The molecule has 0 saturated heterocycles. The number of halogens is 9. The van der Waals surface area contributed by atoms with Gasteiger partial charge in [0.05, 0.1) is 45.0 Å². The third kappa shape index (κ3) is 16.5. The van der Waals surface area contributed by atoms with E-state index in [-0.39, 0.29) is 125 Å². The van der Waals surface area contributed by atoms with Crippen molar-refractivity contribution in [1.82, 2.24) is 34.3 Å². The summed E-state index contributed by atoms with van der Waals surface area (Å²) in [5.74, 6) is -2.88. The number of nitrogens with one attached hydrogen (secondary N) is 1. The number of aromatic carboxylic acids is 1. The van der Waals surface area contributed by atoms with E-state index in [0.717, 1.165) is 0 Å². The fraction of sp³-hybridized carbons (Fsp3) is 0.333. The van der Waals surface area contributed by atoms with Gasteiger partial charge < -0.3 is 14.6 Å². The Balaban J connectivity index is 0.000000325. The van der Waals surface area contributed by atoms with Crippen molar-refractivity contribution >= 4 is 86.1 Å². The van der Waals surface area contributed by atoms with Gasteiger partial charge >= 0.3 is 18.3 Å². The third-order valence-electron chi connectivity index (χ3n) is 11.6. The number of alkyl halides is 7. The van der Waals surface area contributed by atoms with Crippen LogP contribution < -0.4 is 19.3 Å². The van der Waals surface area contributed by atoms with Gasteiger partial charge in [-0.25, -0.2) is 50.8 Å². The molecule has 2 fully saturated rings. The first-order valence-electron chi connectivity index (χ1n) is 22.5. The molecule has 4 N–H and O–H groups in total. The van der Waals surface area contributed by atoms with Crippen LogP contribution in [0.5, 0.6) is 11.8 Å². The number of carboxylic acids is 1. The summed E-state index contributed by atoms with van der Waals surface area (Å²) in [5, 5.41) is 21.5. The molecule has 2 aliphatic carbocycles. The van der Waals surface area contributed by atoms with Crippen molar-refractivity contribution in [3.63, 3.8) is 0 Å². The number of amides is 1. The molecular weight excluding hydrogens is 1420 g/mol. The number of carboxylic acid groups (broad SMARTS) is 1. The van der Waals surface area contributed by atoms with Gasteiger partial charge in [0.1, 0.15) is 10.3 Å². The van der Waals surface area contributed by atoms with Crippen molar-refractivity contribution in [3.8, 4) is 23.4 Å². The second-order valence-corrected chi connectivity index (χ2v) is 20.3. The van der Waals surface area contributed by atoms with Crippen LogP contribution in [-0.4, -0.2) is 104 Å². The van der Waals surface area contributed by atoms with Gasteiger partial charge in [0, 0.05) is 77.2 Å². The number of aromatic nitrogens is 6. The average Bonchev–Trinajstić information content (AvgIpc) is 4.27. The third-order valence-corrected chi connectivity index (χ3v) is 14.5. The minimum Gasteiger partial charge on any atom is -0.478 e. The summed E-state index contributed by atoms with van der Waals surface area (Å²) in [5.41, 5.74) is -3.67. The summed E-state index contributed by atoms with van der Waals surface area (Å²) in [7, 11) is -3.86. The topological polar surface area (TPSA) is 241 Å². The van der Waals surface area contributed by atoms with E-state index >= 15 is 0 Å². The van der Waals surface area contributed by atoms with Crippen molar-refractivity contribution in [2.75, 3.05) is 18.1 Å². The number of pyridine rings is 2. The quantitative estimate of drug-likeness (QED) is 0.0286. The number of ether oxygens (including phenoxy) is 2. The number of nitrogens with zero attached hydrogens (tertiary/aromatic N) is 6. The zero-order chi connectivity index (χ0) is 56.9. The number of hydrogen-bond acceptors (Lipinski definition) is 12. The van der Waals surface area contributed by atoms with Crippen LogP contribution in [-0.2, 0) is 20.0 Å². The van der Waals surface area contributed by atoms with Crippen LogP contribution in [0, 0.1) is 53.8 Å². The van der Waals surface area contributed by atoms with Gasteiger partial charge in [0.15, 0.2) is 11.6 Å². The average molecular weight is 1470 g/mol. The van der Waals surface area contributed by atoms with Crippen molar-refractivity contribution in [3.05, 3.63) is 131 Å². The Morgan fingerprint density at radius 1 is 0.747 bits per heavy atom. The van der Waals surface area contributed by atoms with Gasteiger partial charge in [-0.05, 0) is 80.5 Å². The van der Waals surface area contributed by atoms with Crippen molar-refractivity contribution in [2.45, 2.75) is 61.7 Å². The minimum absolute atomic E-state index is 0. The number of sulfonamides is 2. The predicted molar refractivity (Wildman–Crippen MR) is 270 cm³/mol. The standard InChI is InChI=1S/C22H20ClF3N4O4S.C16H15ClF3N3O3.C6H7NO2S.CH3I.BH.U/c1-14(21(10-11-21)22(24,25)26)13-34-18-9-12-30(28-18)17-8-7-16(19(23)27-17)20(31)29-35(32,33)15-5-3-2-4-6-15;1-9(15(5-6-15)16(18,19)20)8-26-12-4-7-23(22-12)11-3-2-10(14(24)25)13(17)21-11;7-10(8,9)6-4-2-1-3-5-6;1-2;;/h2-9,12,14H,10-11,13H2,1H3,(H,29,31);2-4,7,9H,5-6,8H2,1H3,(H,24,25);1-5H,(H2,7,8,9);1H3;1H;/i;;;2*1D;. The second kappa shape index (κ2) is 26.8. The minimum atomic E-state index is -4.27. The number of primary sulfonamides is 1. The van der Waals surface area contributed by atoms with Gasteiger partial charge in [-0.15, -0.1) is 10.2 Å². The van der Waals surface area contributed by atoms with E-state index in [1.54, 1.807) is 24.3 Å². The van der Waals surface area contributed by atoms with E-state index in [1.165, 1.54) is 108 Å². The molecule has 30 heteroatoms. The Bertz CT molecular complexity index is 3140. The van der Waals surface area contributed by atoms with Crippen LogP contribution in [0.15, 0.2) is 119 Å². The molecule has 8 rings (SSSR count). The number of rotatable bonds is 15. The predicted octanol–water partition coefficient (Wildman–Crippen LogP) is 9.11. The molecule has 6 aromatic rings. The first-order chi connectivity index (χ1) is 35.6. The number of hydrogen-bond donors (Lipinski definition) is 3. The van der Waals surface area contributed by atoms with Crippen molar-refractivity contribution in [2.24, 2.45) is 27.8 Å². The summed E-state index contributed by atoms with van der Waals surface area (Å²) in [6.07, 6.45) is -5.13. The zero-order valence-corrected chi connectivity index (χ0v) is 48.7. The first kappa shape index (κ1) is 61.4. The van der Waals surface area contributed by atoms with Crippen molar-refractivity contribution < 1.29 is 99.8 Å². The van der Waals surface area contributed by atoms with Crippen molar-refractivity contribution in [1.29, 1.82) is 1.34 Å². The van der Waals surface area contributed by atoms with Crippen LogP contribution in [0.25, 0.3) is 11.6 Å². The fourth-order valence-electron chi connectivity index (χ4n) is 7.02. The second-order valence-electron chi connectivity index (χ2n) is 16.4. The molecule has 2 saturated carbocycles. The Kier molecular flexibility index (Phi) is 21.9. The normalized spacial score (nSPS) is 15.1. The van der Waals surface area contributed by atoms with Gasteiger partial charge in [-0.1, -0.05) is 96.0 Å². The number of carbonyl (C=O) groups excluding carboxylic acids is 1. The van der Waals surface area contributed by atoms with E-state index in [9.17, 15) is 52.8 Å². The molecule has 2 aromatic carbocycles. The molecule has 2 atom stereocenters. The molecule has 4 heterocycles. The van der Waals surface area contributed by atoms with E-state index in [2.05, 4.69) is 28.5 Å². The van der Waals surface area contributed by atoms with Crippen LogP contribution in [0.3, 0.4) is 0 Å². The van der Waals surface area contributed by atoms with Gasteiger partial charge in [-0.3, -0.25) is 4.79 Å². The van der Waals surface area contributed by atoms with E-state index in [4.69, 9.17) is 45.6 Å². The number of nitrogens with two attached hydrogens (primary N) is 1. The molecule has 17 nitrogen and oxygen atoms in total. The Morgan fingerprint density at radius 2 is 1.12 bits per heavy atom. The molecule has 0 bridgehead atoms. The zero-order valence-electron chi connectivity index (χ0n) is 41.3. The summed E-state index contributed by atoms with van der Waals surface area (Å²) < 4.78 is 152. The van der Waals surface area contributed by atoms with Gasteiger partial charge in [0.2, 0.25) is 21.8 Å². The smallest absolute Gasteiger partial charge is 0.394 e. The molecule has 0 aliphatic heterocycles. The van der Waals surface area contributed by atoms with E-state index < -0.39 is 66.9 Å². The Morgan fingerprint density at radius 3 is 1.44 bits per heavy atom. The molecule has 2 radical (unpaired) electrons. The van der Waals surface area contributed by atoms with Crippen LogP contribution in [0.2, 0.25) is 10.3 Å². The van der Waals surface area contributed by atoms with Gasteiger partial charge in [0.25, 0.3) is 15.9 Å². The summed E-state index contributed by atoms with van der Waals surface area (Å²) >= 11 is 13.9. The SMILES string of the molecule is CC(COc1ccn(-c2ccc(C(=O)NS(=O)(=O)c3ccccc3)c(Cl)n2)n1)C1(C(F)(F)F)CC1.CC(COc1ccn(-c2ccc(C(=O)O)c(Cl)n2)n1)C1(C(F)(F)F)CC1.NS(=O)(=O)c1ccccc1.[2H]CI.[2H][B].[U].